The van der Waals surface area contributed by atoms with E-state index < -0.39 is 5.54 Å². The summed E-state index contributed by atoms with van der Waals surface area (Å²) in [5, 5.41) is 2.72. The van der Waals surface area contributed by atoms with Crippen molar-refractivity contribution in [3.8, 4) is 5.75 Å². The highest BCUT2D eigenvalue weighted by Crippen LogP contribution is 2.15. The predicted octanol–water partition coefficient (Wildman–Crippen LogP) is 1.23. The van der Waals surface area contributed by atoms with E-state index >= 15 is 0 Å². The number of hydrogen-bond donors (Lipinski definition) is 2. The van der Waals surface area contributed by atoms with E-state index in [2.05, 4.69) is 5.32 Å². The number of ether oxygens (including phenoxy) is 1. The first-order valence-electron chi connectivity index (χ1n) is 5.67. The Hall–Kier alpha value is -1.55. The minimum absolute atomic E-state index is 0.175. The van der Waals surface area contributed by atoms with Gasteiger partial charge in [-0.25, -0.2) is 0 Å². The second-order valence-corrected chi connectivity index (χ2v) is 4.59. The minimum Gasteiger partial charge on any atom is -0.491 e. The average molecular weight is 236 g/mol. The van der Waals surface area contributed by atoms with Crippen LogP contribution in [0.3, 0.4) is 0 Å². The number of para-hydroxylation sites is 1. The lowest BCUT2D eigenvalue weighted by Gasteiger charge is -2.18. The van der Waals surface area contributed by atoms with Gasteiger partial charge in [0.2, 0.25) is 5.91 Å². The lowest BCUT2D eigenvalue weighted by Crippen LogP contribution is -2.49. The monoisotopic (exact) mass is 236 g/mol. The Morgan fingerprint density at radius 2 is 2.06 bits per heavy atom. The van der Waals surface area contributed by atoms with Crippen LogP contribution in [0.1, 0.15) is 19.4 Å². The first-order chi connectivity index (χ1) is 7.91. The van der Waals surface area contributed by atoms with Crippen molar-refractivity contribution in [1.29, 1.82) is 0 Å². The van der Waals surface area contributed by atoms with Crippen LogP contribution in [0.2, 0.25) is 0 Å². The molecule has 94 valence electrons. The average Bonchev–Trinajstić information content (AvgIpc) is 2.25. The van der Waals surface area contributed by atoms with E-state index in [4.69, 9.17) is 10.5 Å². The third-order valence-corrected chi connectivity index (χ3v) is 2.32. The summed E-state index contributed by atoms with van der Waals surface area (Å²) in [5.41, 5.74) is 5.88. The van der Waals surface area contributed by atoms with Gasteiger partial charge >= 0.3 is 0 Å². The van der Waals surface area contributed by atoms with E-state index in [0.29, 0.717) is 13.2 Å². The summed E-state index contributed by atoms with van der Waals surface area (Å²) in [6.07, 6.45) is 0. The Morgan fingerprint density at radius 3 is 2.65 bits per heavy atom. The second-order valence-electron chi connectivity index (χ2n) is 4.59. The van der Waals surface area contributed by atoms with Crippen molar-refractivity contribution in [3.63, 3.8) is 0 Å². The molecule has 1 aromatic rings. The maximum absolute atomic E-state index is 11.5. The maximum Gasteiger partial charge on any atom is 0.239 e. The Bertz CT molecular complexity index is 383. The third kappa shape index (κ3) is 4.44. The summed E-state index contributed by atoms with van der Waals surface area (Å²) in [4.78, 5) is 11.5. The lowest BCUT2D eigenvalue weighted by atomic mass is 10.1. The van der Waals surface area contributed by atoms with E-state index in [9.17, 15) is 4.79 Å². The standard InChI is InChI=1S/C13H20N2O2/c1-10-6-4-5-7-11(10)17-9-8-15-12(16)13(2,3)14/h4-7H,8-9,14H2,1-3H3,(H,15,16). The highest BCUT2D eigenvalue weighted by atomic mass is 16.5. The van der Waals surface area contributed by atoms with Crippen LogP contribution in [0.5, 0.6) is 5.75 Å². The maximum atomic E-state index is 11.5. The van der Waals surface area contributed by atoms with Crippen molar-refractivity contribution in [1.82, 2.24) is 5.32 Å². The topological polar surface area (TPSA) is 64.3 Å². The molecule has 0 saturated carbocycles. The Morgan fingerprint density at radius 1 is 1.41 bits per heavy atom. The van der Waals surface area contributed by atoms with Crippen LogP contribution in [0.25, 0.3) is 0 Å². The number of nitrogens with one attached hydrogen (secondary N) is 1. The fourth-order valence-electron chi connectivity index (χ4n) is 1.27. The third-order valence-electron chi connectivity index (χ3n) is 2.32. The number of aryl methyl sites for hydroxylation is 1. The Balaban J connectivity index is 2.30. The van der Waals surface area contributed by atoms with Crippen LogP contribution >= 0.6 is 0 Å². The molecule has 17 heavy (non-hydrogen) atoms. The molecule has 0 fully saturated rings. The van der Waals surface area contributed by atoms with Crippen LogP contribution in [-0.4, -0.2) is 24.6 Å². The molecule has 0 aliphatic rings. The zero-order valence-electron chi connectivity index (χ0n) is 10.6. The molecule has 1 amide bonds. The number of rotatable bonds is 5. The molecule has 0 saturated heterocycles. The van der Waals surface area contributed by atoms with Crippen LogP contribution in [0, 0.1) is 6.92 Å². The highest BCUT2D eigenvalue weighted by Gasteiger charge is 2.20. The summed E-state index contributed by atoms with van der Waals surface area (Å²) in [6.45, 7) is 6.21. The number of carbonyl (C=O) groups excluding carboxylic acids is 1. The molecule has 0 aliphatic carbocycles. The summed E-state index contributed by atoms with van der Waals surface area (Å²) < 4.78 is 5.54. The number of benzene rings is 1. The number of amides is 1. The van der Waals surface area contributed by atoms with Gasteiger partial charge in [-0.3, -0.25) is 4.79 Å². The minimum atomic E-state index is -0.845. The van der Waals surface area contributed by atoms with Crippen LogP contribution in [-0.2, 0) is 4.79 Å². The molecule has 0 unspecified atom stereocenters. The zero-order valence-corrected chi connectivity index (χ0v) is 10.6. The van der Waals surface area contributed by atoms with Crippen molar-refractivity contribution in [3.05, 3.63) is 29.8 Å². The van der Waals surface area contributed by atoms with Crippen molar-refractivity contribution in [2.75, 3.05) is 13.2 Å². The molecule has 4 heteroatoms. The normalized spacial score (nSPS) is 11.1. The molecular formula is C13H20N2O2. The van der Waals surface area contributed by atoms with Crippen LogP contribution in [0.15, 0.2) is 24.3 Å². The SMILES string of the molecule is Cc1ccccc1OCCNC(=O)C(C)(C)N. The second kappa shape index (κ2) is 5.68. The molecule has 0 atom stereocenters. The number of hydrogen-bond acceptors (Lipinski definition) is 3. The predicted molar refractivity (Wildman–Crippen MR) is 68.0 cm³/mol. The molecule has 1 aromatic carbocycles. The lowest BCUT2D eigenvalue weighted by molar-refractivity contribution is -0.125. The summed E-state index contributed by atoms with van der Waals surface area (Å²) in [7, 11) is 0. The Kier molecular flexibility index (Phi) is 4.52. The van der Waals surface area contributed by atoms with Gasteiger partial charge in [-0.1, -0.05) is 18.2 Å². The molecule has 0 aromatic heterocycles. The smallest absolute Gasteiger partial charge is 0.239 e. The molecule has 0 bridgehead atoms. The first-order valence-corrected chi connectivity index (χ1v) is 5.67. The molecule has 4 nitrogen and oxygen atoms in total. The van der Waals surface area contributed by atoms with Gasteiger partial charge in [0.15, 0.2) is 0 Å². The number of nitrogens with two attached hydrogens (primary N) is 1. The first kappa shape index (κ1) is 13.5. The van der Waals surface area contributed by atoms with E-state index in [1.807, 2.05) is 31.2 Å². The van der Waals surface area contributed by atoms with Gasteiger partial charge in [0.1, 0.15) is 12.4 Å². The quantitative estimate of drug-likeness (QED) is 0.756. The summed E-state index contributed by atoms with van der Waals surface area (Å²) in [5.74, 6) is 0.666. The summed E-state index contributed by atoms with van der Waals surface area (Å²) >= 11 is 0. The van der Waals surface area contributed by atoms with Crippen molar-refractivity contribution >= 4 is 5.91 Å². The largest absolute Gasteiger partial charge is 0.491 e. The molecule has 0 spiro atoms. The van der Waals surface area contributed by atoms with Gasteiger partial charge in [-0.2, -0.15) is 0 Å². The van der Waals surface area contributed by atoms with E-state index in [1.165, 1.54) is 0 Å². The van der Waals surface area contributed by atoms with Gasteiger partial charge in [-0.15, -0.1) is 0 Å². The number of carbonyl (C=O) groups is 1. The van der Waals surface area contributed by atoms with Crippen LogP contribution in [0.4, 0.5) is 0 Å². The van der Waals surface area contributed by atoms with Crippen molar-refractivity contribution < 1.29 is 9.53 Å². The van der Waals surface area contributed by atoms with Crippen LogP contribution < -0.4 is 15.8 Å². The molecule has 0 aliphatic heterocycles. The molecule has 0 heterocycles. The van der Waals surface area contributed by atoms with E-state index in [-0.39, 0.29) is 5.91 Å². The Labute approximate surface area is 102 Å². The summed E-state index contributed by atoms with van der Waals surface area (Å²) in [6, 6.07) is 7.77. The molecule has 1 rings (SSSR count). The highest BCUT2D eigenvalue weighted by molar-refractivity contribution is 5.84. The van der Waals surface area contributed by atoms with Gasteiger partial charge in [0, 0.05) is 0 Å². The molecule has 3 N–H and O–H groups in total. The van der Waals surface area contributed by atoms with Gasteiger partial charge < -0.3 is 15.8 Å². The van der Waals surface area contributed by atoms with E-state index in [0.717, 1.165) is 11.3 Å². The molecule has 0 radical (unpaired) electrons. The van der Waals surface area contributed by atoms with Crippen molar-refractivity contribution in [2.24, 2.45) is 5.73 Å². The zero-order chi connectivity index (χ0) is 12.9. The van der Waals surface area contributed by atoms with Gasteiger partial charge in [0.05, 0.1) is 12.1 Å². The fraction of sp³-hybridized carbons (Fsp3) is 0.462. The fourth-order valence-corrected chi connectivity index (χ4v) is 1.27. The van der Waals surface area contributed by atoms with Crippen molar-refractivity contribution in [2.45, 2.75) is 26.3 Å². The van der Waals surface area contributed by atoms with E-state index in [1.54, 1.807) is 13.8 Å². The molecular weight excluding hydrogens is 216 g/mol. The van der Waals surface area contributed by atoms with Gasteiger partial charge in [-0.05, 0) is 32.4 Å². The van der Waals surface area contributed by atoms with Gasteiger partial charge in [0.25, 0.3) is 0 Å².